The molecule has 32 heteroatoms. The molecule has 0 fully saturated rings. The van der Waals surface area contributed by atoms with E-state index in [0.29, 0.717) is 178 Å². The zero-order valence-electron chi connectivity index (χ0n) is 42.6. The standard InChI is InChI=1S/C44H77F13O19/c45-39(46,40(47,48)41(49,50)42(51,52)43(53,54)44(55,56)57)1-3-59-5-7-61-9-11-63-13-15-65-17-19-67-21-23-69-25-27-71-29-31-73-33-35-75-37-38-76-36-34-74-32-30-72-28-26-70-24-22-68-20-18-66-16-14-64-12-10-62-8-6-60-4-2-58/h58H,1-38H2. The van der Waals surface area contributed by atoms with Gasteiger partial charge >= 0.3 is 35.8 Å². The van der Waals surface area contributed by atoms with E-state index in [1.165, 1.54) is 0 Å². The maximum Gasteiger partial charge on any atom is 0.460 e. The minimum absolute atomic E-state index is 0.00111. The van der Waals surface area contributed by atoms with Crippen molar-refractivity contribution in [1.29, 1.82) is 0 Å². The van der Waals surface area contributed by atoms with Crippen LogP contribution in [0.25, 0.3) is 0 Å². The van der Waals surface area contributed by atoms with E-state index in [4.69, 9.17) is 85.6 Å². The Kier molecular flexibility index (Phi) is 46.0. The van der Waals surface area contributed by atoms with Crippen molar-refractivity contribution in [2.45, 2.75) is 42.2 Å². The third-order valence-corrected chi connectivity index (χ3v) is 9.12. The third kappa shape index (κ3) is 35.8. The molecule has 76 heavy (non-hydrogen) atoms. The molecule has 0 aliphatic rings. The fourth-order valence-electron chi connectivity index (χ4n) is 5.06. The third-order valence-electron chi connectivity index (χ3n) is 9.12. The van der Waals surface area contributed by atoms with Crippen LogP contribution in [0.5, 0.6) is 0 Å². The van der Waals surface area contributed by atoms with E-state index in [1.807, 2.05) is 0 Å². The summed E-state index contributed by atoms with van der Waals surface area (Å²) in [5.41, 5.74) is 0. The zero-order chi connectivity index (χ0) is 56.6. The summed E-state index contributed by atoms with van der Waals surface area (Å²) < 4.78 is 266. The number of aliphatic hydroxyl groups excluding tert-OH is 1. The first-order valence-corrected chi connectivity index (χ1v) is 24.3. The van der Waals surface area contributed by atoms with Gasteiger partial charge in [-0.15, -0.1) is 0 Å². The van der Waals surface area contributed by atoms with Crippen LogP contribution in [0.2, 0.25) is 0 Å². The molecule has 0 saturated carbocycles. The van der Waals surface area contributed by atoms with Crippen molar-refractivity contribution in [2.75, 3.05) is 244 Å². The molecule has 0 bridgehead atoms. The first kappa shape index (κ1) is 74.3. The number of alkyl halides is 13. The Morgan fingerprint density at radius 2 is 0.329 bits per heavy atom. The maximum atomic E-state index is 13.7. The van der Waals surface area contributed by atoms with Gasteiger partial charge in [0.05, 0.1) is 244 Å². The SMILES string of the molecule is OCCOCCOCCOCCOCCOCCOCCOCCOCCOCCOCCOCCOCCOCCOCCOCCOCCOCCOCCC(F)(F)C(F)(F)C(F)(F)C(F)(F)C(F)(F)C(F)(F)F. The lowest BCUT2D eigenvalue weighted by Gasteiger charge is -2.39. The predicted octanol–water partition coefficient (Wildman–Crippen LogP) is 4.41. The fraction of sp³-hybridized carbons (Fsp3) is 1.00. The Bertz CT molecular complexity index is 1280. The largest absolute Gasteiger partial charge is 0.460 e. The van der Waals surface area contributed by atoms with Gasteiger partial charge in [0.25, 0.3) is 0 Å². The summed E-state index contributed by atoms with van der Waals surface area (Å²) in [6.45, 7) is 9.63. The molecule has 0 aromatic rings. The first-order valence-electron chi connectivity index (χ1n) is 24.3. The van der Waals surface area contributed by atoms with Gasteiger partial charge in [-0.1, -0.05) is 0 Å². The molecule has 0 amide bonds. The van der Waals surface area contributed by atoms with Crippen molar-refractivity contribution < 1.29 is 147 Å². The van der Waals surface area contributed by atoms with Crippen LogP contribution in [0.15, 0.2) is 0 Å². The monoisotopic (exact) mass is 1160 g/mol. The molecule has 0 aliphatic carbocycles. The number of ether oxygens (including phenoxy) is 18. The van der Waals surface area contributed by atoms with Crippen LogP contribution in [0, 0.1) is 0 Å². The van der Waals surface area contributed by atoms with Gasteiger partial charge in [0.15, 0.2) is 0 Å². The number of aliphatic hydroxyl groups is 1. The van der Waals surface area contributed by atoms with Gasteiger partial charge in [0.2, 0.25) is 0 Å². The van der Waals surface area contributed by atoms with E-state index in [9.17, 15) is 57.1 Å². The highest BCUT2D eigenvalue weighted by Gasteiger charge is 2.90. The molecule has 0 aliphatic heterocycles. The molecule has 0 saturated heterocycles. The molecular weight excluding hydrogens is 1080 g/mol. The minimum Gasteiger partial charge on any atom is -0.394 e. The first-order chi connectivity index (χ1) is 36.3. The number of hydrogen-bond donors (Lipinski definition) is 1. The summed E-state index contributed by atoms with van der Waals surface area (Å²) in [5, 5.41) is 8.59. The van der Waals surface area contributed by atoms with Gasteiger partial charge in [-0.05, 0) is 0 Å². The van der Waals surface area contributed by atoms with Crippen LogP contribution < -0.4 is 0 Å². The second-order valence-corrected chi connectivity index (χ2v) is 15.0. The summed E-state index contributed by atoms with van der Waals surface area (Å²) in [6, 6.07) is 0. The second kappa shape index (κ2) is 47.0. The van der Waals surface area contributed by atoms with Crippen molar-refractivity contribution in [3.63, 3.8) is 0 Å². The highest BCUT2D eigenvalue weighted by molar-refractivity contribution is 5.10. The normalized spacial score (nSPS) is 13.2. The highest BCUT2D eigenvalue weighted by Crippen LogP contribution is 2.60. The van der Waals surface area contributed by atoms with Crippen molar-refractivity contribution in [2.24, 2.45) is 0 Å². The number of hydrogen-bond acceptors (Lipinski definition) is 19. The summed E-state index contributed by atoms with van der Waals surface area (Å²) in [4.78, 5) is 0. The Labute approximate surface area is 433 Å². The molecule has 0 atom stereocenters. The van der Waals surface area contributed by atoms with Crippen LogP contribution in [0.1, 0.15) is 6.42 Å². The van der Waals surface area contributed by atoms with Gasteiger partial charge in [-0.3, -0.25) is 0 Å². The van der Waals surface area contributed by atoms with E-state index < -0.39 is 55.4 Å². The molecular formula is C44H77F13O19. The molecule has 19 nitrogen and oxygen atoms in total. The van der Waals surface area contributed by atoms with Crippen LogP contribution in [-0.4, -0.2) is 285 Å². The quantitative estimate of drug-likeness (QED) is 0.0667. The Hall–Kier alpha value is -1.67. The van der Waals surface area contributed by atoms with Gasteiger partial charge in [-0.25, -0.2) is 0 Å². The van der Waals surface area contributed by atoms with Crippen LogP contribution >= 0.6 is 0 Å². The van der Waals surface area contributed by atoms with E-state index in [2.05, 4.69) is 4.74 Å². The molecule has 0 aromatic heterocycles. The molecule has 458 valence electrons. The summed E-state index contributed by atoms with van der Waals surface area (Å²) in [7, 11) is 0. The topological polar surface area (TPSA) is 186 Å². The number of halogens is 13. The van der Waals surface area contributed by atoms with Crippen LogP contribution in [-0.2, 0) is 85.3 Å². The van der Waals surface area contributed by atoms with Crippen molar-refractivity contribution in [1.82, 2.24) is 0 Å². The molecule has 0 unspecified atom stereocenters. The number of rotatable bonds is 60. The van der Waals surface area contributed by atoms with Crippen LogP contribution in [0.3, 0.4) is 0 Å². The van der Waals surface area contributed by atoms with Crippen molar-refractivity contribution in [3.05, 3.63) is 0 Å². The average molecular weight is 1160 g/mol. The summed E-state index contributed by atoms with van der Waals surface area (Å²) in [6.07, 6.45) is -9.89. The van der Waals surface area contributed by atoms with Crippen molar-refractivity contribution in [3.8, 4) is 0 Å². The molecule has 0 spiro atoms. The average Bonchev–Trinajstić information content (AvgIpc) is 3.36. The molecule has 0 radical (unpaired) electrons. The summed E-state index contributed by atoms with van der Waals surface area (Å²) in [5.74, 6) is -37.0. The fourth-order valence-corrected chi connectivity index (χ4v) is 5.06. The Morgan fingerprint density at radius 3 is 0.487 bits per heavy atom. The predicted molar refractivity (Wildman–Crippen MR) is 237 cm³/mol. The van der Waals surface area contributed by atoms with Gasteiger partial charge in [0, 0.05) is 6.42 Å². The maximum absolute atomic E-state index is 13.7. The second-order valence-electron chi connectivity index (χ2n) is 15.0. The highest BCUT2D eigenvalue weighted by atomic mass is 19.4. The molecule has 0 rings (SSSR count). The zero-order valence-corrected chi connectivity index (χ0v) is 42.6. The van der Waals surface area contributed by atoms with Gasteiger partial charge < -0.3 is 90.4 Å². The van der Waals surface area contributed by atoms with E-state index in [-0.39, 0.29) is 52.9 Å². The van der Waals surface area contributed by atoms with Gasteiger partial charge in [-0.2, -0.15) is 57.1 Å². The molecule has 1 N–H and O–H groups in total. The van der Waals surface area contributed by atoms with Gasteiger partial charge in [0.1, 0.15) is 0 Å². The smallest absolute Gasteiger partial charge is 0.394 e. The minimum atomic E-state index is -7.93. The van der Waals surface area contributed by atoms with Crippen LogP contribution in [0.4, 0.5) is 57.1 Å². The lowest BCUT2D eigenvalue weighted by molar-refractivity contribution is -0.440. The lowest BCUT2D eigenvalue weighted by atomic mass is 9.93. The van der Waals surface area contributed by atoms with E-state index >= 15 is 0 Å². The summed E-state index contributed by atoms with van der Waals surface area (Å²) >= 11 is 0. The Morgan fingerprint density at radius 1 is 0.184 bits per heavy atom. The van der Waals surface area contributed by atoms with E-state index in [0.717, 1.165) is 0 Å². The van der Waals surface area contributed by atoms with E-state index in [1.54, 1.807) is 0 Å². The lowest BCUT2D eigenvalue weighted by Crippen LogP contribution is -2.70. The van der Waals surface area contributed by atoms with Crippen molar-refractivity contribution >= 4 is 0 Å². The molecule has 0 heterocycles. The Balaban J connectivity index is 3.36. The molecule has 0 aromatic carbocycles.